The number of rotatable bonds is 6. The minimum absolute atomic E-state index is 0.0332. The molecule has 31 heavy (non-hydrogen) atoms. The fourth-order valence-corrected chi connectivity index (χ4v) is 4.41. The van der Waals surface area contributed by atoms with Gasteiger partial charge in [-0.3, -0.25) is 4.79 Å². The van der Waals surface area contributed by atoms with E-state index in [1.54, 1.807) is 6.20 Å². The van der Waals surface area contributed by atoms with Crippen molar-refractivity contribution in [3.05, 3.63) is 65.9 Å². The van der Waals surface area contributed by atoms with Crippen LogP contribution in [0.3, 0.4) is 0 Å². The van der Waals surface area contributed by atoms with Gasteiger partial charge in [-0.2, -0.15) is 0 Å². The van der Waals surface area contributed by atoms with E-state index in [4.69, 9.17) is 4.98 Å². The molecule has 3 heterocycles. The van der Waals surface area contributed by atoms with E-state index in [9.17, 15) is 4.79 Å². The molecule has 0 spiro atoms. The summed E-state index contributed by atoms with van der Waals surface area (Å²) in [6, 6.07) is 16.2. The Morgan fingerprint density at radius 3 is 2.74 bits per heavy atom. The number of para-hydroxylation sites is 1. The standard InChI is InChI=1S/C25H27N5O/c31-23-16-19-17-26-25(27-20-8-2-1-3-9-20)29-24(19)21-15-18(10-11-22(21)28-23)7-6-14-30-12-4-5-13-30/h1-3,8-11,15,17H,4-7,12-14,16H2,(H,28,31)(H,26,27,29). The van der Waals surface area contributed by atoms with Crippen molar-refractivity contribution in [2.75, 3.05) is 30.3 Å². The van der Waals surface area contributed by atoms with Crippen LogP contribution in [0.15, 0.2) is 54.7 Å². The number of likely N-dealkylation sites (tertiary alicyclic amines) is 1. The van der Waals surface area contributed by atoms with Crippen LogP contribution in [-0.2, 0) is 17.6 Å². The molecule has 5 rings (SSSR count). The second kappa shape index (κ2) is 8.86. The Morgan fingerprint density at radius 2 is 1.90 bits per heavy atom. The second-order valence-electron chi connectivity index (χ2n) is 8.32. The summed E-state index contributed by atoms with van der Waals surface area (Å²) in [6.45, 7) is 3.62. The van der Waals surface area contributed by atoms with Crippen molar-refractivity contribution in [3.8, 4) is 11.3 Å². The highest BCUT2D eigenvalue weighted by Crippen LogP contribution is 2.34. The summed E-state index contributed by atoms with van der Waals surface area (Å²) in [5.74, 6) is 0.499. The van der Waals surface area contributed by atoms with Gasteiger partial charge in [0, 0.05) is 23.0 Å². The SMILES string of the molecule is O=C1Cc2cnc(Nc3ccccc3)nc2-c2cc(CCCN3CCCC3)ccc2N1. The quantitative estimate of drug-likeness (QED) is 0.626. The van der Waals surface area contributed by atoms with Crippen LogP contribution in [0.2, 0.25) is 0 Å². The summed E-state index contributed by atoms with van der Waals surface area (Å²) in [5, 5.41) is 6.29. The van der Waals surface area contributed by atoms with E-state index in [2.05, 4.69) is 32.7 Å². The average molecular weight is 414 g/mol. The minimum atomic E-state index is -0.0332. The molecule has 1 aromatic heterocycles. The molecule has 0 unspecified atom stereocenters. The fraction of sp³-hybridized carbons (Fsp3) is 0.320. The van der Waals surface area contributed by atoms with Gasteiger partial charge in [-0.15, -0.1) is 0 Å². The van der Waals surface area contributed by atoms with Crippen LogP contribution in [0.1, 0.15) is 30.4 Å². The Labute approximate surface area is 182 Å². The number of nitrogens with one attached hydrogen (secondary N) is 2. The maximum atomic E-state index is 12.4. The van der Waals surface area contributed by atoms with Crippen molar-refractivity contribution in [1.29, 1.82) is 0 Å². The highest BCUT2D eigenvalue weighted by atomic mass is 16.1. The molecule has 1 amide bonds. The highest BCUT2D eigenvalue weighted by molar-refractivity contribution is 6.00. The smallest absolute Gasteiger partial charge is 0.228 e. The summed E-state index contributed by atoms with van der Waals surface area (Å²) < 4.78 is 0. The molecular formula is C25H27N5O. The lowest BCUT2D eigenvalue weighted by Gasteiger charge is -2.15. The van der Waals surface area contributed by atoms with Crippen molar-refractivity contribution >= 4 is 23.2 Å². The lowest BCUT2D eigenvalue weighted by atomic mass is 10.00. The highest BCUT2D eigenvalue weighted by Gasteiger charge is 2.21. The van der Waals surface area contributed by atoms with Crippen LogP contribution in [0, 0.1) is 0 Å². The number of aryl methyl sites for hydroxylation is 1. The van der Waals surface area contributed by atoms with E-state index in [0.717, 1.165) is 47.6 Å². The Kier molecular flexibility index (Phi) is 5.63. The van der Waals surface area contributed by atoms with E-state index >= 15 is 0 Å². The Hall–Kier alpha value is -3.25. The maximum Gasteiger partial charge on any atom is 0.228 e. The first-order valence-corrected chi connectivity index (χ1v) is 11.1. The number of amides is 1. The number of aromatic nitrogens is 2. The Balaban J connectivity index is 1.42. The molecule has 158 valence electrons. The van der Waals surface area contributed by atoms with Crippen molar-refractivity contribution in [3.63, 3.8) is 0 Å². The zero-order valence-electron chi connectivity index (χ0n) is 17.6. The number of nitrogens with zero attached hydrogens (tertiary/aromatic N) is 3. The molecule has 1 saturated heterocycles. The van der Waals surface area contributed by atoms with Gasteiger partial charge in [0.1, 0.15) is 0 Å². The third kappa shape index (κ3) is 4.59. The van der Waals surface area contributed by atoms with Crippen LogP contribution < -0.4 is 10.6 Å². The van der Waals surface area contributed by atoms with Crippen molar-refractivity contribution < 1.29 is 4.79 Å². The van der Waals surface area contributed by atoms with Crippen molar-refractivity contribution in [1.82, 2.24) is 14.9 Å². The first-order chi connectivity index (χ1) is 15.2. The fourth-order valence-electron chi connectivity index (χ4n) is 4.41. The molecule has 0 atom stereocenters. The third-order valence-corrected chi connectivity index (χ3v) is 6.00. The van der Waals surface area contributed by atoms with E-state index in [1.165, 1.54) is 31.5 Å². The molecule has 1 fully saturated rings. The van der Waals surface area contributed by atoms with Gasteiger partial charge in [-0.05, 0) is 75.1 Å². The number of carbonyl (C=O) groups is 1. The lowest BCUT2D eigenvalue weighted by molar-refractivity contribution is -0.115. The van der Waals surface area contributed by atoms with Gasteiger partial charge in [-0.25, -0.2) is 9.97 Å². The number of hydrogen-bond acceptors (Lipinski definition) is 5. The molecule has 0 saturated carbocycles. The summed E-state index contributed by atoms with van der Waals surface area (Å²) in [5.41, 5.74) is 5.67. The van der Waals surface area contributed by atoms with E-state index in [-0.39, 0.29) is 12.3 Å². The molecule has 2 N–H and O–H groups in total. The third-order valence-electron chi connectivity index (χ3n) is 6.00. The van der Waals surface area contributed by atoms with Gasteiger partial charge in [0.25, 0.3) is 0 Å². The van der Waals surface area contributed by atoms with Gasteiger partial charge in [0.2, 0.25) is 11.9 Å². The van der Waals surface area contributed by atoms with Crippen LogP contribution in [0.25, 0.3) is 11.3 Å². The minimum Gasteiger partial charge on any atom is -0.325 e. The summed E-state index contributed by atoms with van der Waals surface area (Å²) >= 11 is 0. The zero-order valence-corrected chi connectivity index (χ0v) is 17.6. The van der Waals surface area contributed by atoms with Gasteiger partial charge >= 0.3 is 0 Å². The predicted octanol–water partition coefficient (Wildman–Crippen LogP) is 4.41. The molecule has 3 aromatic rings. The molecule has 0 aliphatic carbocycles. The number of fused-ring (bicyclic) bond motifs is 3. The van der Waals surface area contributed by atoms with Gasteiger partial charge in [0.05, 0.1) is 17.8 Å². The van der Waals surface area contributed by atoms with Crippen LogP contribution in [-0.4, -0.2) is 40.4 Å². The van der Waals surface area contributed by atoms with Gasteiger partial charge in [0.15, 0.2) is 0 Å². The van der Waals surface area contributed by atoms with E-state index in [0.29, 0.717) is 5.95 Å². The molecule has 2 aromatic carbocycles. The van der Waals surface area contributed by atoms with E-state index in [1.807, 2.05) is 36.4 Å². The maximum absolute atomic E-state index is 12.4. The normalized spacial score (nSPS) is 15.7. The topological polar surface area (TPSA) is 70.2 Å². The number of hydrogen-bond donors (Lipinski definition) is 2. The van der Waals surface area contributed by atoms with Crippen LogP contribution in [0.5, 0.6) is 0 Å². The van der Waals surface area contributed by atoms with Crippen LogP contribution >= 0.6 is 0 Å². The molecular weight excluding hydrogens is 386 g/mol. The van der Waals surface area contributed by atoms with Gasteiger partial charge < -0.3 is 15.5 Å². The summed E-state index contributed by atoms with van der Waals surface area (Å²) in [7, 11) is 0. The summed E-state index contributed by atoms with van der Waals surface area (Å²) in [4.78, 5) is 24.2. The Bertz CT molecular complexity index is 1080. The first-order valence-electron chi connectivity index (χ1n) is 11.1. The molecule has 2 aliphatic heterocycles. The molecule has 0 bridgehead atoms. The lowest BCUT2D eigenvalue weighted by Crippen LogP contribution is -2.20. The molecule has 2 aliphatic rings. The zero-order chi connectivity index (χ0) is 21.0. The monoisotopic (exact) mass is 413 g/mol. The Morgan fingerprint density at radius 1 is 1.06 bits per heavy atom. The average Bonchev–Trinajstić information content (AvgIpc) is 3.25. The number of anilines is 3. The number of benzene rings is 2. The second-order valence-corrected chi connectivity index (χ2v) is 8.32. The molecule has 6 nitrogen and oxygen atoms in total. The van der Waals surface area contributed by atoms with Crippen LogP contribution in [0.4, 0.5) is 17.3 Å². The largest absolute Gasteiger partial charge is 0.325 e. The molecule has 0 radical (unpaired) electrons. The van der Waals surface area contributed by atoms with Gasteiger partial charge in [-0.1, -0.05) is 24.3 Å². The van der Waals surface area contributed by atoms with Crippen molar-refractivity contribution in [2.24, 2.45) is 0 Å². The first kappa shape index (κ1) is 19.7. The number of carbonyl (C=O) groups excluding carboxylic acids is 1. The van der Waals surface area contributed by atoms with Crippen molar-refractivity contribution in [2.45, 2.75) is 32.1 Å². The molecule has 6 heteroatoms. The summed E-state index contributed by atoms with van der Waals surface area (Å²) in [6.07, 6.45) is 6.86. The predicted molar refractivity (Wildman–Crippen MR) is 124 cm³/mol. The van der Waals surface area contributed by atoms with E-state index < -0.39 is 0 Å².